The number of carbonyl (C=O) groups is 1. The molecule has 8 heteroatoms. The number of likely N-dealkylation sites (tertiary alicyclic amines) is 1. The van der Waals surface area contributed by atoms with Crippen LogP contribution in [0.2, 0.25) is 0 Å². The van der Waals surface area contributed by atoms with E-state index in [1.165, 1.54) is 0 Å². The van der Waals surface area contributed by atoms with E-state index in [0.717, 1.165) is 41.1 Å². The summed E-state index contributed by atoms with van der Waals surface area (Å²) in [6.45, 7) is 2.61. The van der Waals surface area contributed by atoms with Gasteiger partial charge in [-0.15, -0.1) is 0 Å². The molecule has 4 rings (SSSR count). The molecule has 1 aliphatic rings. The van der Waals surface area contributed by atoms with E-state index in [-0.39, 0.29) is 11.9 Å². The third-order valence-corrected chi connectivity index (χ3v) is 5.88. The van der Waals surface area contributed by atoms with E-state index in [9.17, 15) is 4.79 Å². The summed E-state index contributed by atoms with van der Waals surface area (Å²) in [6.07, 6.45) is 5.28. The Balaban J connectivity index is 1.80. The molecule has 1 aliphatic heterocycles. The second-order valence-electron chi connectivity index (χ2n) is 8.02. The minimum absolute atomic E-state index is 0.00490. The number of methoxy groups -OCH3 is 1. The standard InChI is InChI=1S/C23H28N6O2/c1-15-18(14-25-28(15)4)22(30)29-11-7-10-20(29)21-19(13-24-23(26-21)27(2)3)16-8-6-9-17(12-16)31-5/h6,8-9,12-14,20H,7,10-11H2,1-5H3. The van der Waals surface area contributed by atoms with Crippen LogP contribution in [0.3, 0.4) is 0 Å². The second kappa shape index (κ2) is 8.37. The molecule has 2 aromatic heterocycles. The van der Waals surface area contributed by atoms with Crippen molar-refractivity contribution < 1.29 is 9.53 Å². The van der Waals surface area contributed by atoms with Crippen LogP contribution in [-0.4, -0.2) is 58.3 Å². The average molecular weight is 421 g/mol. The fourth-order valence-corrected chi connectivity index (χ4v) is 4.03. The van der Waals surface area contributed by atoms with E-state index in [2.05, 4.69) is 10.1 Å². The predicted octanol–water partition coefficient (Wildman–Crippen LogP) is 3.24. The van der Waals surface area contributed by atoms with Gasteiger partial charge in [0.05, 0.1) is 30.6 Å². The number of hydrogen-bond acceptors (Lipinski definition) is 6. The minimum atomic E-state index is -0.130. The first kappa shape index (κ1) is 20.8. The number of rotatable bonds is 5. The van der Waals surface area contributed by atoms with Gasteiger partial charge in [0.25, 0.3) is 5.91 Å². The van der Waals surface area contributed by atoms with Crippen LogP contribution in [0.5, 0.6) is 5.75 Å². The maximum atomic E-state index is 13.4. The molecule has 8 nitrogen and oxygen atoms in total. The summed E-state index contributed by atoms with van der Waals surface area (Å²) in [4.78, 5) is 26.7. The van der Waals surface area contributed by atoms with E-state index in [0.29, 0.717) is 18.1 Å². The molecule has 0 saturated carbocycles. The first-order valence-electron chi connectivity index (χ1n) is 10.4. The molecule has 1 atom stereocenters. The van der Waals surface area contributed by atoms with Crippen molar-refractivity contribution in [3.63, 3.8) is 0 Å². The maximum Gasteiger partial charge on any atom is 0.257 e. The number of benzene rings is 1. The van der Waals surface area contributed by atoms with Gasteiger partial charge in [-0.25, -0.2) is 9.97 Å². The predicted molar refractivity (Wildman–Crippen MR) is 119 cm³/mol. The van der Waals surface area contributed by atoms with Gasteiger partial charge in [-0.3, -0.25) is 9.48 Å². The molecule has 0 spiro atoms. The molecule has 0 radical (unpaired) electrons. The Bertz CT molecular complexity index is 1110. The van der Waals surface area contributed by atoms with Crippen LogP contribution >= 0.6 is 0 Å². The average Bonchev–Trinajstić information content (AvgIpc) is 3.40. The lowest BCUT2D eigenvalue weighted by atomic mass is 9.99. The Labute approximate surface area is 182 Å². The zero-order valence-electron chi connectivity index (χ0n) is 18.7. The highest BCUT2D eigenvalue weighted by molar-refractivity contribution is 5.95. The Morgan fingerprint density at radius 1 is 1.26 bits per heavy atom. The first-order chi connectivity index (χ1) is 14.9. The summed E-state index contributed by atoms with van der Waals surface area (Å²) in [5, 5.41) is 4.25. The van der Waals surface area contributed by atoms with Crippen molar-refractivity contribution in [1.29, 1.82) is 0 Å². The van der Waals surface area contributed by atoms with Crippen LogP contribution < -0.4 is 9.64 Å². The first-order valence-corrected chi connectivity index (χ1v) is 10.4. The minimum Gasteiger partial charge on any atom is -0.497 e. The van der Waals surface area contributed by atoms with Gasteiger partial charge >= 0.3 is 0 Å². The van der Waals surface area contributed by atoms with Crippen LogP contribution in [0.15, 0.2) is 36.7 Å². The molecular formula is C23H28N6O2. The largest absolute Gasteiger partial charge is 0.497 e. The molecule has 0 bridgehead atoms. The number of amides is 1. The summed E-state index contributed by atoms with van der Waals surface area (Å²) in [5.74, 6) is 1.39. The molecule has 1 unspecified atom stereocenters. The zero-order valence-corrected chi connectivity index (χ0v) is 18.7. The second-order valence-corrected chi connectivity index (χ2v) is 8.02. The Morgan fingerprint density at radius 2 is 2.06 bits per heavy atom. The molecular weight excluding hydrogens is 392 g/mol. The van der Waals surface area contributed by atoms with Crippen molar-refractivity contribution in [2.75, 3.05) is 32.6 Å². The van der Waals surface area contributed by atoms with Crippen LogP contribution in [0.25, 0.3) is 11.1 Å². The topological polar surface area (TPSA) is 76.4 Å². The van der Waals surface area contributed by atoms with Crippen LogP contribution in [0, 0.1) is 6.92 Å². The molecule has 1 aromatic carbocycles. The lowest BCUT2D eigenvalue weighted by Crippen LogP contribution is -2.32. The van der Waals surface area contributed by atoms with Gasteiger partial charge in [-0.2, -0.15) is 5.10 Å². The van der Waals surface area contributed by atoms with Gasteiger partial charge in [0.15, 0.2) is 0 Å². The van der Waals surface area contributed by atoms with Crippen molar-refractivity contribution in [3.05, 3.63) is 53.6 Å². The van der Waals surface area contributed by atoms with E-state index < -0.39 is 0 Å². The number of aryl methyl sites for hydroxylation is 1. The van der Waals surface area contributed by atoms with E-state index >= 15 is 0 Å². The number of carbonyl (C=O) groups excluding carboxylic acids is 1. The van der Waals surface area contributed by atoms with Crippen LogP contribution in [0.1, 0.15) is 40.6 Å². The number of nitrogens with zero attached hydrogens (tertiary/aromatic N) is 6. The third kappa shape index (κ3) is 3.85. The molecule has 1 saturated heterocycles. The Morgan fingerprint density at radius 3 is 2.74 bits per heavy atom. The highest BCUT2D eigenvalue weighted by Crippen LogP contribution is 2.38. The Hall–Kier alpha value is -3.42. The Kier molecular flexibility index (Phi) is 5.63. The van der Waals surface area contributed by atoms with Gasteiger partial charge in [0, 0.05) is 45.1 Å². The van der Waals surface area contributed by atoms with Crippen molar-refractivity contribution in [1.82, 2.24) is 24.6 Å². The van der Waals surface area contributed by atoms with Crippen molar-refractivity contribution in [3.8, 4) is 16.9 Å². The molecule has 3 aromatic rings. The molecule has 31 heavy (non-hydrogen) atoms. The molecule has 0 N–H and O–H groups in total. The summed E-state index contributed by atoms with van der Waals surface area (Å²) in [5.41, 5.74) is 4.24. The summed E-state index contributed by atoms with van der Waals surface area (Å²) < 4.78 is 7.14. The summed E-state index contributed by atoms with van der Waals surface area (Å²) in [6, 6.07) is 7.73. The molecule has 1 fully saturated rings. The molecule has 1 amide bonds. The fourth-order valence-electron chi connectivity index (χ4n) is 4.03. The maximum absolute atomic E-state index is 13.4. The lowest BCUT2D eigenvalue weighted by molar-refractivity contribution is 0.0732. The van der Waals surface area contributed by atoms with Gasteiger partial charge in [-0.05, 0) is 37.5 Å². The van der Waals surface area contributed by atoms with E-state index in [1.54, 1.807) is 18.0 Å². The fraction of sp³-hybridized carbons (Fsp3) is 0.391. The van der Waals surface area contributed by atoms with Crippen LogP contribution in [0.4, 0.5) is 5.95 Å². The SMILES string of the molecule is COc1cccc(-c2cnc(N(C)C)nc2C2CCCN2C(=O)c2cnn(C)c2C)c1. The monoisotopic (exact) mass is 420 g/mol. The number of aromatic nitrogens is 4. The van der Waals surface area contributed by atoms with E-state index in [1.807, 2.05) is 68.3 Å². The third-order valence-electron chi connectivity index (χ3n) is 5.88. The normalized spacial score (nSPS) is 15.9. The highest BCUT2D eigenvalue weighted by atomic mass is 16.5. The summed E-state index contributed by atoms with van der Waals surface area (Å²) >= 11 is 0. The molecule has 3 heterocycles. The number of anilines is 1. The van der Waals surface area contributed by atoms with Crippen molar-refractivity contribution >= 4 is 11.9 Å². The quantitative estimate of drug-likeness (QED) is 0.631. The van der Waals surface area contributed by atoms with Crippen molar-refractivity contribution in [2.24, 2.45) is 7.05 Å². The summed E-state index contributed by atoms with van der Waals surface area (Å²) in [7, 11) is 7.34. The smallest absolute Gasteiger partial charge is 0.257 e. The van der Waals surface area contributed by atoms with Gasteiger partial charge in [0.2, 0.25) is 5.95 Å². The number of hydrogen-bond donors (Lipinski definition) is 0. The highest BCUT2D eigenvalue weighted by Gasteiger charge is 2.35. The van der Waals surface area contributed by atoms with Crippen molar-refractivity contribution in [2.45, 2.75) is 25.8 Å². The lowest BCUT2D eigenvalue weighted by Gasteiger charge is -2.27. The molecule has 162 valence electrons. The molecule has 0 aliphatic carbocycles. The van der Waals surface area contributed by atoms with Crippen LogP contribution in [-0.2, 0) is 7.05 Å². The number of ether oxygens (including phenoxy) is 1. The van der Waals surface area contributed by atoms with Gasteiger partial charge < -0.3 is 14.5 Å². The van der Waals surface area contributed by atoms with Gasteiger partial charge in [-0.1, -0.05) is 12.1 Å². The zero-order chi connectivity index (χ0) is 22.1. The van der Waals surface area contributed by atoms with E-state index in [4.69, 9.17) is 9.72 Å². The van der Waals surface area contributed by atoms with Gasteiger partial charge in [0.1, 0.15) is 5.75 Å².